The monoisotopic (exact) mass is 288 g/mol. The van der Waals surface area contributed by atoms with E-state index in [0.29, 0.717) is 24.0 Å². The van der Waals surface area contributed by atoms with Gasteiger partial charge in [0.25, 0.3) is 5.91 Å². The van der Waals surface area contributed by atoms with E-state index < -0.39 is 0 Å². The van der Waals surface area contributed by atoms with E-state index in [2.05, 4.69) is 5.32 Å². The van der Waals surface area contributed by atoms with Gasteiger partial charge in [-0.25, -0.2) is 0 Å². The third-order valence-corrected chi connectivity index (χ3v) is 3.91. The Labute approximate surface area is 123 Å². The number of aliphatic hydroxyl groups excluding tert-OH is 1. The van der Waals surface area contributed by atoms with Crippen molar-refractivity contribution in [1.82, 2.24) is 4.90 Å². The smallest absolute Gasteiger partial charge is 0.260 e. The lowest BCUT2D eigenvalue weighted by Gasteiger charge is -2.29. The molecule has 1 aromatic carbocycles. The molecular formula is C15H16N2O2S. The van der Waals surface area contributed by atoms with Gasteiger partial charge in [0.2, 0.25) is 0 Å². The third kappa shape index (κ3) is 2.54. The van der Waals surface area contributed by atoms with Gasteiger partial charge in [0, 0.05) is 24.7 Å². The summed E-state index contributed by atoms with van der Waals surface area (Å²) >= 11 is 5.29. The van der Waals surface area contributed by atoms with E-state index in [1.807, 2.05) is 35.2 Å². The largest absolute Gasteiger partial charge is 0.511 e. The highest BCUT2D eigenvalue weighted by Gasteiger charge is 2.38. The normalized spacial score (nSPS) is 19.2. The number of rotatable bonds is 3. The van der Waals surface area contributed by atoms with E-state index in [1.165, 1.54) is 0 Å². The average Bonchev–Trinajstić information content (AvgIpc) is 3.24. The van der Waals surface area contributed by atoms with Crippen molar-refractivity contribution in [1.29, 1.82) is 0 Å². The minimum atomic E-state index is -0.148. The predicted octanol–water partition coefficient (Wildman–Crippen LogP) is 2.63. The van der Waals surface area contributed by atoms with Gasteiger partial charge in [0.1, 0.15) is 16.3 Å². The van der Waals surface area contributed by atoms with Crippen LogP contribution in [0.2, 0.25) is 0 Å². The number of nitrogens with zero attached hydrogens (tertiary/aromatic N) is 1. The molecule has 0 radical (unpaired) electrons. The van der Waals surface area contributed by atoms with Crippen LogP contribution in [0.1, 0.15) is 19.3 Å². The highest BCUT2D eigenvalue weighted by molar-refractivity contribution is 7.81. The summed E-state index contributed by atoms with van der Waals surface area (Å²) in [5, 5.41) is 13.0. The molecule has 1 fully saturated rings. The molecule has 2 aliphatic rings. The van der Waals surface area contributed by atoms with Crippen molar-refractivity contribution in [3.63, 3.8) is 0 Å². The number of para-hydroxylation sites is 1. The Morgan fingerprint density at radius 2 is 2.00 bits per heavy atom. The van der Waals surface area contributed by atoms with E-state index >= 15 is 0 Å². The Hall–Kier alpha value is -1.88. The molecule has 0 saturated heterocycles. The average molecular weight is 288 g/mol. The number of hydrogen-bond acceptors (Lipinski definition) is 3. The van der Waals surface area contributed by atoms with Crippen molar-refractivity contribution in [3.8, 4) is 0 Å². The summed E-state index contributed by atoms with van der Waals surface area (Å²) in [7, 11) is 0. The van der Waals surface area contributed by atoms with E-state index in [0.717, 1.165) is 18.5 Å². The fraction of sp³-hybridized carbons (Fsp3) is 0.333. The maximum absolute atomic E-state index is 12.4. The summed E-state index contributed by atoms with van der Waals surface area (Å²) in [5.41, 5.74) is 1.07. The molecule has 0 bridgehead atoms. The number of benzene rings is 1. The molecule has 20 heavy (non-hydrogen) atoms. The van der Waals surface area contributed by atoms with Crippen LogP contribution in [0.5, 0.6) is 0 Å². The molecule has 1 aliphatic heterocycles. The first kappa shape index (κ1) is 13.1. The van der Waals surface area contributed by atoms with Crippen molar-refractivity contribution in [2.75, 3.05) is 11.9 Å². The lowest BCUT2D eigenvalue weighted by molar-refractivity contribution is -0.128. The van der Waals surface area contributed by atoms with Crippen LogP contribution in [0.3, 0.4) is 0 Å². The van der Waals surface area contributed by atoms with Gasteiger partial charge in [-0.2, -0.15) is 0 Å². The van der Waals surface area contributed by atoms with Crippen molar-refractivity contribution < 1.29 is 9.90 Å². The summed E-state index contributed by atoms with van der Waals surface area (Å²) in [6.45, 7) is 0.590. The van der Waals surface area contributed by atoms with Gasteiger partial charge in [-0.05, 0) is 25.0 Å². The molecule has 2 N–H and O–H groups in total. The van der Waals surface area contributed by atoms with Gasteiger partial charge in [-0.1, -0.05) is 30.4 Å². The van der Waals surface area contributed by atoms with Crippen LogP contribution in [0.4, 0.5) is 5.69 Å². The molecule has 0 aromatic heterocycles. The van der Waals surface area contributed by atoms with Gasteiger partial charge < -0.3 is 15.3 Å². The Bertz CT molecular complexity index is 579. The van der Waals surface area contributed by atoms with Gasteiger partial charge in [-0.15, -0.1) is 0 Å². The van der Waals surface area contributed by atoms with Crippen molar-refractivity contribution in [3.05, 3.63) is 41.7 Å². The van der Waals surface area contributed by atoms with Crippen molar-refractivity contribution >= 4 is 28.8 Å². The number of thiocarbonyl (C=S) groups is 1. The topological polar surface area (TPSA) is 52.6 Å². The zero-order valence-electron chi connectivity index (χ0n) is 11.0. The van der Waals surface area contributed by atoms with Gasteiger partial charge in [0.15, 0.2) is 0 Å². The Balaban J connectivity index is 1.80. The summed E-state index contributed by atoms with van der Waals surface area (Å²) in [4.78, 5) is 14.6. The molecule has 3 rings (SSSR count). The van der Waals surface area contributed by atoms with Crippen LogP contribution in [0.15, 0.2) is 41.7 Å². The van der Waals surface area contributed by atoms with Crippen LogP contribution in [0, 0.1) is 0 Å². The van der Waals surface area contributed by atoms with E-state index in [9.17, 15) is 9.90 Å². The molecule has 5 heteroatoms. The molecule has 1 saturated carbocycles. The summed E-state index contributed by atoms with van der Waals surface area (Å²) in [6, 6.07) is 9.76. The Morgan fingerprint density at radius 1 is 1.30 bits per heavy atom. The van der Waals surface area contributed by atoms with E-state index in [4.69, 9.17) is 12.2 Å². The number of aliphatic hydroxyl groups is 1. The molecule has 0 atom stereocenters. The second-order valence-electron chi connectivity index (χ2n) is 5.12. The van der Waals surface area contributed by atoms with Crippen LogP contribution in [0.25, 0.3) is 0 Å². The summed E-state index contributed by atoms with van der Waals surface area (Å²) in [5.74, 6) is -0.0509. The summed E-state index contributed by atoms with van der Waals surface area (Å²) < 4.78 is 0. The fourth-order valence-corrected chi connectivity index (χ4v) is 2.72. The van der Waals surface area contributed by atoms with Crippen molar-refractivity contribution in [2.24, 2.45) is 0 Å². The maximum Gasteiger partial charge on any atom is 0.260 e. The first-order valence-electron chi connectivity index (χ1n) is 6.76. The molecular weight excluding hydrogens is 272 g/mol. The number of anilines is 1. The maximum atomic E-state index is 12.4. The minimum absolute atomic E-state index is 0.0975. The lowest BCUT2D eigenvalue weighted by atomic mass is 10.1. The number of hydrogen-bond donors (Lipinski definition) is 2. The van der Waals surface area contributed by atoms with Gasteiger partial charge in [-0.3, -0.25) is 4.79 Å². The second-order valence-corrected chi connectivity index (χ2v) is 5.53. The Kier molecular flexibility index (Phi) is 3.44. The van der Waals surface area contributed by atoms with Crippen LogP contribution in [-0.2, 0) is 4.79 Å². The second kappa shape index (κ2) is 5.25. The van der Waals surface area contributed by atoms with Gasteiger partial charge >= 0.3 is 0 Å². The highest BCUT2D eigenvalue weighted by atomic mass is 32.1. The molecule has 0 spiro atoms. The first-order chi connectivity index (χ1) is 9.66. The summed E-state index contributed by atoms with van der Waals surface area (Å²) in [6.07, 6.45) is 2.59. The number of amides is 1. The quantitative estimate of drug-likeness (QED) is 0.840. The minimum Gasteiger partial charge on any atom is -0.511 e. The van der Waals surface area contributed by atoms with Crippen LogP contribution >= 0.6 is 12.2 Å². The van der Waals surface area contributed by atoms with E-state index in [-0.39, 0.29) is 17.2 Å². The fourth-order valence-electron chi connectivity index (χ4n) is 2.40. The lowest BCUT2D eigenvalue weighted by Crippen LogP contribution is -2.41. The predicted molar refractivity (Wildman–Crippen MR) is 81.7 cm³/mol. The zero-order chi connectivity index (χ0) is 14.1. The van der Waals surface area contributed by atoms with Crippen LogP contribution in [-0.4, -0.2) is 33.5 Å². The van der Waals surface area contributed by atoms with Crippen LogP contribution < -0.4 is 5.32 Å². The highest BCUT2D eigenvalue weighted by Crippen LogP contribution is 2.32. The molecule has 4 nitrogen and oxygen atoms in total. The molecule has 1 aliphatic carbocycles. The van der Waals surface area contributed by atoms with Gasteiger partial charge in [0.05, 0.1) is 0 Å². The SMILES string of the molecule is O=C1C(C(=S)Nc2ccccc2)=C(O)CCN1C1CC1. The standard InChI is InChI=1S/C15H16N2O2S/c18-12-8-9-17(11-6-7-11)15(19)13(12)14(20)16-10-4-2-1-3-5-10/h1-5,11,18H,6-9H2,(H,16,20). The molecule has 1 aromatic rings. The molecule has 104 valence electrons. The number of carbonyl (C=O) groups excluding carboxylic acids is 1. The Morgan fingerprint density at radius 3 is 2.65 bits per heavy atom. The number of nitrogens with one attached hydrogen (secondary N) is 1. The zero-order valence-corrected chi connectivity index (χ0v) is 11.8. The molecule has 0 unspecified atom stereocenters. The van der Waals surface area contributed by atoms with E-state index in [1.54, 1.807) is 0 Å². The van der Waals surface area contributed by atoms with Crippen molar-refractivity contribution in [2.45, 2.75) is 25.3 Å². The first-order valence-corrected chi connectivity index (χ1v) is 7.17. The molecule has 1 heterocycles. The molecule has 1 amide bonds. The third-order valence-electron chi connectivity index (χ3n) is 3.60. The number of carbonyl (C=O) groups is 1.